The van der Waals surface area contributed by atoms with E-state index in [4.69, 9.17) is 14.2 Å². The molecule has 0 amide bonds. The molecule has 0 aromatic carbocycles. The fourth-order valence-electron chi connectivity index (χ4n) is 4.17. The van der Waals surface area contributed by atoms with E-state index < -0.39 is 0 Å². The molecule has 0 aromatic rings. The van der Waals surface area contributed by atoms with Gasteiger partial charge in [-0.05, 0) is 12.8 Å². The molecule has 0 unspecified atom stereocenters. The van der Waals surface area contributed by atoms with Crippen molar-refractivity contribution in [2.24, 2.45) is 0 Å². The van der Waals surface area contributed by atoms with E-state index in [1.807, 2.05) is 6.08 Å². The Morgan fingerprint density at radius 2 is 1.41 bits per heavy atom. The van der Waals surface area contributed by atoms with Crippen LogP contribution in [0.4, 0.5) is 0 Å². The van der Waals surface area contributed by atoms with Crippen molar-refractivity contribution in [2.45, 2.75) is 97.3 Å². The van der Waals surface area contributed by atoms with E-state index in [-0.39, 0.29) is 0 Å². The molecule has 0 bridgehead atoms. The van der Waals surface area contributed by atoms with Gasteiger partial charge >= 0.3 is 5.71 Å². The molecule has 1 heterocycles. The average Bonchev–Trinajstić information content (AvgIpc) is 2.83. The molecular formula is C26H45N3O3. The van der Waals surface area contributed by atoms with Gasteiger partial charge in [0.2, 0.25) is 5.76 Å². The Balaban J connectivity index is 1.94. The first-order valence-electron chi connectivity index (χ1n) is 13.0. The monoisotopic (exact) mass is 447 g/mol. The lowest BCUT2D eigenvalue weighted by atomic mass is 10.0. The SMILES string of the molecule is CCCCCCCCOC1=CC(N2CCOCC2)=C(OCCCCCCCC)CC1=[N+]=[N-]. The van der Waals surface area contributed by atoms with Gasteiger partial charge in [-0.1, -0.05) is 78.1 Å². The van der Waals surface area contributed by atoms with Crippen molar-refractivity contribution in [1.82, 2.24) is 4.90 Å². The van der Waals surface area contributed by atoms with Crippen LogP contribution >= 0.6 is 0 Å². The summed E-state index contributed by atoms with van der Waals surface area (Å²) in [5.74, 6) is 1.56. The van der Waals surface area contributed by atoms with Crippen LogP contribution in [0.5, 0.6) is 0 Å². The Morgan fingerprint density at radius 1 is 0.844 bits per heavy atom. The summed E-state index contributed by atoms with van der Waals surface area (Å²) in [4.78, 5) is 5.85. The Bertz CT molecular complexity index is 632. The van der Waals surface area contributed by atoms with Crippen molar-refractivity contribution < 1.29 is 19.0 Å². The fraction of sp³-hybridized carbons (Fsp3) is 0.808. The minimum atomic E-state index is 0.474. The first kappa shape index (κ1) is 26.5. The molecule has 182 valence electrons. The molecule has 1 aliphatic carbocycles. The van der Waals surface area contributed by atoms with Crippen LogP contribution in [-0.2, 0) is 14.2 Å². The lowest BCUT2D eigenvalue weighted by Gasteiger charge is -2.32. The molecule has 1 saturated heterocycles. The van der Waals surface area contributed by atoms with Crippen molar-refractivity contribution in [2.75, 3.05) is 39.5 Å². The third-order valence-electron chi connectivity index (χ3n) is 6.17. The maximum absolute atomic E-state index is 9.62. The Morgan fingerprint density at radius 3 is 2.00 bits per heavy atom. The third-order valence-corrected chi connectivity index (χ3v) is 6.17. The van der Waals surface area contributed by atoms with E-state index in [1.165, 1.54) is 64.2 Å². The number of hydrogen-bond donors (Lipinski definition) is 0. The molecule has 0 atom stereocenters. The highest BCUT2D eigenvalue weighted by molar-refractivity contribution is 5.97. The van der Waals surface area contributed by atoms with E-state index in [0.717, 1.165) is 50.6 Å². The van der Waals surface area contributed by atoms with E-state index >= 15 is 0 Å². The summed E-state index contributed by atoms with van der Waals surface area (Å²) in [6.45, 7) is 8.95. The van der Waals surface area contributed by atoms with Crippen molar-refractivity contribution in [3.8, 4) is 0 Å². The van der Waals surface area contributed by atoms with E-state index in [9.17, 15) is 5.53 Å². The van der Waals surface area contributed by atoms with Gasteiger partial charge in [0.1, 0.15) is 12.2 Å². The van der Waals surface area contributed by atoms with E-state index in [2.05, 4.69) is 23.5 Å². The number of nitrogens with zero attached hydrogens (tertiary/aromatic N) is 3. The topological polar surface area (TPSA) is 67.3 Å². The number of rotatable bonds is 17. The molecule has 1 aliphatic heterocycles. The van der Waals surface area contributed by atoms with Crippen LogP contribution in [0.2, 0.25) is 0 Å². The number of hydrogen-bond acceptors (Lipinski definition) is 4. The smallest absolute Gasteiger partial charge is 0.341 e. The van der Waals surface area contributed by atoms with Gasteiger partial charge in [0.05, 0.1) is 32.1 Å². The first-order chi connectivity index (χ1) is 15.8. The van der Waals surface area contributed by atoms with Gasteiger partial charge in [0, 0.05) is 19.2 Å². The quantitative estimate of drug-likeness (QED) is 0.150. The zero-order valence-electron chi connectivity index (χ0n) is 20.6. The molecule has 2 rings (SSSR count). The molecule has 0 spiro atoms. The molecule has 1 fully saturated rings. The van der Waals surface area contributed by atoms with Gasteiger partial charge in [-0.15, -0.1) is 0 Å². The largest absolute Gasteiger partial charge is 0.495 e. The average molecular weight is 448 g/mol. The van der Waals surface area contributed by atoms with Crippen LogP contribution in [-0.4, -0.2) is 54.9 Å². The molecule has 0 radical (unpaired) electrons. The van der Waals surface area contributed by atoms with E-state index in [0.29, 0.717) is 31.1 Å². The van der Waals surface area contributed by atoms with Gasteiger partial charge < -0.3 is 24.6 Å². The molecular weight excluding hydrogens is 402 g/mol. The molecule has 0 N–H and O–H groups in total. The highest BCUT2D eigenvalue weighted by atomic mass is 16.5. The van der Waals surface area contributed by atoms with Gasteiger partial charge in [0.25, 0.3) is 0 Å². The van der Waals surface area contributed by atoms with E-state index in [1.54, 1.807) is 0 Å². The zero-order chi connectivity index (χ0) is 22.9. The van der Waals surface area contributed by atoms with Crippen LogP contribution in [0.1, 0.15) is 97.3 Å². The van der Waals surface area contributed by atoms with Crippen LogP contribution < -0.4 is 0 Å². The van der Waals surface area contributed by atoms with Crippen LogP contribution in [0.15, 0.2) is 23.3 Å². The summed E-state index contributed by atoms with van der Waals surface area (Å²) < 4.78 is 17.8. The Hall–Kier alpha value is -1.78. The maximum Gasteiger partial charge on any atom is 0.341 e. The van der Waals surface area contributed by atoms with Crippen LogP contribution in [0, 0.1) is 0 Å². The molecule has 0 saturated carbocycles. The number of allylic oxidation sites excluding steroid dienone is 3. The maximum atomic E-state index is 9.62. The predicted molar refractivity (Wildman–Crippen MR) is 129 cm³/mol. The van der Waals surface area contributed by atoms with Gasteiger partial charge in [0.15, 0.2) is 0 Å². The minimum Gasteiger partial charge on any atom is -0.495 e. The highest BCUT2D eigenvalue weighted by Crippen LogP contribution is 2.27. The van der Waals surface area contributed by atoms with Crippen molar-refractivity contribution in [3.63, 3.8) is 0 Å². The van der Waals surface area contributed by atoms with Crippen molar-refractivity contribution in [3.05, 3.63) is 28.8 Å². The second-order valence-electron chi connectivity index (χ2n) is 8.87. The molecule has 32 heavy (non-hydrogen) atoms. The summed E-state index contributed by atoms with van der Waals surface area (Å²) in [5, 5.41) is 0. The number of ether oxygens (including phenoxy) is 3. The summed E-state index contributed by atoms with van der Waals surface area (Å²) in [6.07, 6.45) is 17.2. The fourth-order valence-corrected chi connectivity index (χ4v) is 4.17. The number of morpholine rings is 1. The lowest BCUT2D eigenvalue weighted by Crippen LogP contribution is -2.37. The van der Waals surface area contributed by atoms with Gasteiger partial charge in [-0.2, -0.15) is 4.79 Å². The van der Waals surface area contributed by atoms with Crippen molar-refractivity contribution >= 4 is 5.71 Å². The summed E-state index contributed by atoms with van der Waals surface area (Å²) in [6, 6.07) is 0. The normalized spacial score (nSPS) is 16.8. The van der Waals surface area contributed by atoms with Crippen LogP contribution in [0.25, 0.3) is 5.53 Å². The minimum absolute atomic E-state index is 0.474. The Kier molecular flexibility index (Phi) is 13.9. The number of unbranched alkanes of at least 4 members (excludes halogenated alkanes) is 10. The van der Waals surface area contributed by atoms with Gasteiger partial charge in [-0.3, -0.25) is 0 Å². The van der Waals surface area contributed by atoms with Crippen molar-refractivity contribution in [1.29, 1.82) is 0 Å². The first-order valence-corrected chi connectivity index (χ1v) is 13.0. The third kappa shape index (κ3) is 9.79. The lowest BCUT2D eigenvalue weighted by molar-refractivity contribution is -0.0145. The molecule has 6 heteroatoms. The molecule has 2 aliphatic rings. The standard InChI is InChI=1S/C26H45N3O3/c1-3-5-7-9-11-13-17-31-25-22-24(29-15-19-30-20-16-29)26(21-23(25)28-27)32-18-14-12-10-8-6-4-2/h22H,3-21H2,1-2H3. The second-order valence-corrected chi connectivity index (χ2v) is 8.87. The summed E-state index contributed by atoms with van der Waals surface area (Å²) in [5.41, 5.74) is 11.2. The second kappa shape index (κ2) is 16.8. The highest BCUT2D eigenvalue weighted by Gasteiger charge is 2.31. The molecule has 0 aromatic heterocycles. The summed E-state index contributed by atoms with van der Waals surface area (Å²) in [7, 11) is 0. The Labute approximate surface area is 195 Å². The van der Waals surface area contributed by atoms with Crippen LogP contribution in [0.3, 0.4) is 0 Å². The zero-order valence-corrected chi connectivity index (χ0v) is 20.6. The predicted octanol–water partition coefficient (Wildman–Crippen LogP) is 6.24. The molecule has 6 nitrogen and oxygen atoms in total. The van der Waals surface area contributed by atoms with Gasteiger partial charge in [-0.25, -0.2) is 0 Å². The summed E-state index contributed by atoms with van der Waals surface area (Å²) >= 11 is 0.